The third-order valence-corrected chi connectivity index (χ3v) is 0.565. The summed E-state index contributed by atoms with van der Waals surface area (Å²) in [5, 5.41) is 2.93. The third kappa shape index (κ3) is 5.28. The lowest BCUT2D eigenvalue weighted by atomic mass is 10.4. The van der Waals surface area contributed by atoms with Crippen LogP contribution in [0.25, 0.3) is 0 Å². The van der Waals surface area contributed by atoms with Gasteiger partial charge in [-0.1, -0.05) is 12.2 Å². The van der Waals surface area contributed by atoms with Gasteiger partial charge in [0.1, 0.15) is 0 Å². The third-order valence-electron chi connectivity index (χ3n) is 0.565. The largest absolute Gasteiger partial charge is 0.366 e. The molecule has 0 atom stereocenters. The first-order valence-electron chi connectivity index (χ1n) is 2.53. The van der Waals surface area contributed by atoms with E-state index >= 15 is 0 Å². The Labute approximate surface area is 51.1 Å². The monoisotopic (exact) mass is 110 g/mol. The minimum Gasteiger partial charge on any atom is -0.366 e. The first-order valence-corrected chi connectivity index (χ1v) is 2.53. The van der Waals surface area contributed by atoms with Gasteiger partial charge in [0.25, 0.3) is 0 Å². The summed E-state index contributed by atoms with van der Waals surface area (Å²) in [6, 6.07) is 0. The van der Waals surface area contributed by atoms with Crippen molar-refractivity contribution in [1.29, 1.82) is 0 Å². The standard InChI is InChI=1S/C7H12N/c1-6(2)5-8-7(3)4/h5,8H,1,3H2,2,4H3/b6-5+. The summed E-state index contributed by atoms with van der Waals surface area (Å²) >= 11 is 0. The van der Waals surface area contributed by atoms with Gasteiger partial charge in [-0.15, -0.1) is 0 Å². The van der Waals surface area contributed by atoms with E-state index in [2.05, 4.69) is 18.8 Å². The van der Waals surface area contributed by atoms with Crippen LogP contribution in [0.4, 0.5) is 0 Å². The Morgan fingerprint density at radius 1 is 1.50 bits per heavy atom. The van der Waals surface area contributed by atoms with Gasteiger partial charge in [0.05, 0.1) is 0 Å². The van der Waals surface area contributed by atoms with E-state index in [9.17, 15) is 0 Å². The molecular formula is C7H12N. The summed E-state index contributed by atoms with van der Waals surface area (Å²) < 4.78 is 0. The average Bonchev–Trinajstić information content (AvgIpc) is 1.61. The molecule has 0 amide bonds. The SMILES string of the molecule is [CH2]/C(C)=C\NC(=C)C. The quantitative estimate of drug-likeness (QED) is 0.572. The van der Waals surface area contributed by atoms with Gasteiger partial charge in [0.2, 0.25) is 0 Å². The van der Waals surface area contributed by atoms with Crippen molar-refractivity contribution in [2.45, 2.75) is 13.8 Å². The van der Waals surface area contributed by atoms with Crippen LogP contribution in [0.2, 0.25) is 0 Å². The maximum Gasteiger partial charge on any atom is 0.00420 e. The van der Waals surface area contributed by atoms with Crippen LogP contribution >= 0.6 is 0 Å². The van der Waals surface area contributed by atoms with Gasteiger partial charge < -0.3 is 5.32 Å². The maximum atomic E-state index is 3.67. The predicted octanol–water partition coefficient (Wildman–Crippen LogP) is 1.85. The number of allylic oxidation sites excluding steroid dienone is 2. The molecular weight excluding hydrogens is 98.1 g/mol. The first kappa shape index (κ1) is 7.28. The van der Waals surface area contributed by atoms with E-state index in [-0.39, 0.29) is 0 Å². The fraction of sp³-hybridized carbons (Fsp3) is 0.286. The van der Waals surface area contributed by atoms with Gasteiger partial charge in [-0.25, -0.2) is 0 Å². The molecule has 0 saturated carbocycles. The lowest BCUT2D eigenvalue weighted by Gasteiger charge is -1.95. The van der Waals surface area contributed by atoms with Crippen molar-refractivity contribution >= 4 is 0 Å². The van der Waals surface area contributed by atoms with Crippen LogP contribution in [-0.4, -0.2) is 0 Å². The van der Waals surface area contributed by atoms with Crippen LogP contribution in [0.3, 0.4) is 0 Å². The second kappa shape index (κ2) is 3.30. The molecule has 45 valence electrons. The number of nitrogens with one attached hydrogen (secondary N) is 1. The van der Waals surface area contributed by atoms with Crippen molar-refractivity contribution in [3.63, 3.8) is 0 Å². The van der Waals surface area contributed by atoms with Gasteiger partial charge in [0.15, 0.2) is 0 Å². The van der Waals surface area contributed by atoms with E-state index in [1.54, 1.807) is 0 Å². The van der Waals surface area contributed by atoms with Crippen molar-refractivity contribution in [1.82, 2.24) is 5.32 Å². The normalized spacial score (nSPS) is 11.1. The van der Waals surface area contributed by atoms with Crippen LogP contribution in [0, 0.1) is 6.92 Å². The van der Waals surface area contributed by atoms with Gasteiger partial charge in [-0.05, 0) is 27.0 Å². The van der Waals surface area contributed by atoms with Crippen molar-refractivity contribution in [3.05, 3.63) is 31.0 Å². The van der Waals surface area contributed by atoms with E-state index in [1.165, 1.54) is 0 Å². The molecule has 0 aliphatic rings. The fourth-order valence-electron chi connectivity index (χ4n) is 0.246. The molecule has 0 heterocycles. The molecule has 1 heteroatoms. The summed E-state index contributed by atoms with van der Waals surface area (Å²) in [6.45, 7) is 11.1. The minimum absolute atomic E-state index is 0.938. The molecule has 0 saturated heterocycles. The second-order valence-electron chi connectivity index (χ2n) is 1.92. The molecule has 0 aliphatic carbocycles. The van der Waals surface area contributed by atoms with Crippen molar-refractivity contribution in [2.24, 2.45) is 0 Å². The van der Waals surface area contributed by atoms with Gasteiger partial charge in [0, 0.05) is 5.70 Å². The van der Waals surface area contributed by atoms with Gasteiger partial charge >= 0.3 is 0 Å². The maximum absolute atomic E-state index is 3.67. The van der Waals surface area contributed by atoms with E-state index in [1.807, 2.05) is 20.0 Å². The molecule has 1 radical (unpaired) electrons. The van der Waals surface area contributed by atoms with Gasteiger partial charge in [-0.2, -0.15) is 0 Å². The highest BCUT2D eigenvalue weighted by molar-refractivity contribution is 5.03. The number of hydrogen-bond donors (Lipinski definition) is 1. The molecule has 0 spiro atoms. The molecule has 8 heavy (non-hydrogen) atoms. The molecule has 0 unspecified atom stereocenters. The zero-order valence-electron chi connectivity index (χ0n) is 5.49. The van der Waals surface area contributed by atoms with E-state index in [0.29, 0.717) is 0 Å². The van der Waals surface area contributed by atoms with E-state index in [4.69, 9.17) is 0 Å². The summed E-state index contributed by atoms with van der Waals surface area (Å²) in [5.74, 6) is 0. The highest BCUT2D eigenvalue weighted by Gasteiger charge is 1.75. The smallest absolute Gasteiger partial charge is 0.00420 e. The minimum atomic E-state index is 0.938. The van der Waals surface area contributed by atoms with Crippen LogP contribution in [0.5, 0.6) is 0 Å². The molecule has 0 aromatic heterocycles. The van der Waals surface area contributed by atoms with Crippen LogP contribution in [0.15, 0.2) is 24.0 Å². The molecule has 0 aliphatic heterocycles. The van der Waals surface area contributed by atoms with E-state index in [0.717, 1.165) is 11.3 Å². The lowest BCUT2D eigenvalue weighted by Crippen LogP contribution is -1.99. The number of hydrogen-bond acceptors (Lipinski definition) is 1. The zero-order chi connectivity index (χ0) is 6.57. The van der Waals surface area contributed by atoms with Crippen molar-refractivity contribution in [2.75, 3.05) is 0 Å². The van der Waals surface area contributed by atoms with Crippen LogP contribution < -0.4 is 5.32 Å². The topological polar surface area (TPSA) is 12.0 Å². The van der Waals surface area contributed by atoms with E-state index < -0.39 is 0 Å². The molecule has 1 nitrogen and oxygen atoms in total. The summed E-state index contributed by atoms with van der Waals surface area (Å²) in [7, 11) is 0. The second-order valence-corrected chi connectivity index (χ2v) is 1.92. The molecule has 0 aromatic rings. The highest BCUT2D eigenvalue weighted by Crippen LogP contribution is 1.85. The Bertz CT molecular complexity index is 108. The summed E-state index contributed by atoms with van der Waals surface area (Å²) in [4.78, 5) is 0. The highest BCUT2D eigenvalue weighted by atomic mass is 14.8. The Hall–Kier alpha value is -0.720. The average molecular weight is 110 g/mol. The zero-order valence-corrected chi connectivity index (χ0v) is 5.49. The molecule has 1 N–H and O–H groups in total. The lowest BCUT2D eigenvalue weighted by molar-refractivity contribution is 1.05. The first-order chi connectivity index (χ1) is 3.63. The van der Waals surface area contributed by atoms with Crippen molar-refractivity contribution in [3.8, 4) is 0 Å². The molecule has 0 rings (SSSR count). The van der Waals surface area contributed by atoms with Crippen LogP contribution in [-0.2, 0) is 0 Å². The molecule has 0 bridgehead atoms. The number of rotatable bonds is 2. The van der Waals surface area contributed by atoms with Crippen molar-refractivity contribution < 1.29 is 0 Å². The predicted molar refractivity (Wildman–Crippen MR) is 37.1 cm³/mol. The summed E-state index contributed by atoms with van der Waals surface area (Å²) in [6.07, 6.45) is 1.82. The molecule has 0 aromatic carbocycles. The Morgan fingerprint density at radius 3 is 2.12 bits per heavy atom. The van der Waals surface area contributed by atoms with Crippen LogP contribution in [0.1, 0.15) is 13.8 Å². The Morgan fingerprint density at radius 2 is 2.00 bits per heavy atom. The Balaban J connectivity index is 3.45. The fourth-order valence-corrected chi connectivity index (χ4v) is 0.246. The molecule has 0 fully saturated rings. The van der Waals surface area contributed by atoms with Gasteiger partial charge in [-0.3, -0.25) is 0 Å². The Kier molecular flexibility index (Phi) is 3.01. The summed E-state index contributed by atoms with van der Waals surface area (Å²) in [5.41, 5.74) is 1.95.